The molecule has 0 bridgehead atoms. The molecule has 0 aliphatic carbocycles. The lowest BCUT2D eigenvalue weighted by atomic mass is 10.1. The third kappa shape index (κ3) is 4.34. The molecule has 0 spiro atoms. The number of nitrogens with two attached hydrogens (primary N) is 1. The highest BCUT2D eigenvalue weighted by Gasteiger charge is 2.08. The maximum absolute atomic E-state index is 7.28. The summed E-state index contributed by atoms with van der Waals surface area (Å²) in [5.41, 5.74) is 6.61. The summed E-state index contributed by atoms with van der Waals surface area (Å²) in [5, 5.41) is 7.28. The lowest BCUT2D eigenvalue weighted by molar-refractivity contribution is 0.613. The Balaban J connectivity index is 2.67. The fourth-order valence-corrected chi connectivity index (χ4v) is 1.66. The summed E-state index contributed by atoms with van der Waals surface area (Å²) < 4.78 is 0. The van der Waals surface area contributed by atoms with Gasteiger partial charge >= 0.3 is 0 Å². The zero-order chi connectivity index (χ0) is 12.0. The molecule has 0 unspecified atom stereocenters. The number of hydrogen-bond acceptors (Lipinski definition) is 2. The van der Waals surface area contributed by atoms with E-state index < -0.39 is 0 Å². The van der Waals surface area contributed by atoms with Crippen LogP contribution in [0.2, 0.25) is 0 Å². The van der Waals surface area contributed by atoms with Crippen molar-refractivity contribution in [2.45, 2.75) is 20.3 Å². The third-order valence-corrected chi connectivity index (χ3v) is 2.36. The van der Waals surface area contributed by atoms with Gasteiger partial charge in [0.1, 0.15) is 0 Å². The van der Waals surface area contributed by atoms with Crippen LogP contribution >= 0.6 is 0 Å². The standard InChI is InChI=1S/C13H21N3/c1-11(2)10-16(9-8-13(14)15)12-6-4-3-5-7-12/h3-7,11H,8-10H2,1-2H3,(H3,14,15). The molecule has 0 amide bonds. The highest BCUT2D eigenvalue weighted by Crippen LogP contribution is 2.15. The number of amidine groups is 1. The summed E-state index contributed by atoms with van der Waals surface area (Å²) in [4.78, 5) is 2.28. The summed E-state index contributed by atoms with van der Waals surface area (Å²) >= 11 is 0. The average Bonchev–Trinajstić information content (AvgIpc) is 2.25. The second-order valence-electron chi connectivity index (χ2n) is 4.45. The van der Waals surface area contributed by atoms with Gasteiger partial charge in [0, 0.05) is 25.2 Å². The van der Waals surface area contributed by atoms with E-state index in [1.54, 1.807) is 0 Å². The van der Waals surface area contributed by atoms with Crippen LogP contribution < -0.4 is 10.6 Å². The van der Waals surface area contributed by atoms with Crippen molar-refractivity contribution >= 4 is 11.5 Å². The molecule has 0 atom stereocenters. The number of anilines is 1. The van der Waals surface area contributed by atoms with Gasteiger partial charge in [-0.1, -0.05) is 32.0 Å². The molecule has 88 valence electrons. The molecule has 1 aromatic carbocycles. The van der Waals surface area contributed by atoms with Crippen LogP contribution in [0.15, 0.2) is 30.3 Å². The summed E-state index contributed by atoms with van der Waals surface area (Å²) in [5.74, 6) is 0.858. The normalized spacial score (nSPS) is 10.4. The van der Waals surface area contributed by atoms with Crippen LogP contribution in [-0.2, 0) is 0 Å². The molecule has 0 aromatic heterocycles. The van der Waals surface area contributed by atoms with Gasteiger partial charge in [0.15, 0.2) is 0 Å². The first-order valence-corrected chi connectivity index (χ1v) is 5.72. The Morgan fingerprint density at radius 3 is 2.44 bits per heavy atom. The van der Waals surface area contributed by atoms with Gasteiger partial charge in [0.25, 0.3) is 0 Å². The van der Waals surface area contributed by atoms with Gasteiger partial charge in [-0.2, -0.15) is 0 Å². The Hall–Kier alpha value is -1.51. The van der Waals surface area contributed by atoms with Crippen LogP contribution in [0.1, 0.15) is 20.3 Å². The maximum atomic E-state index is 7.28. The zero-order valence-electron chi connectivity index (χ0n) is 10.1. The van der Waals surface area contributed by atoms with E-state index in [0.29, 0.717) is 12.3 Å². The molecule has 3 N–H and O–H groups in total. The third-order valence-electron chi connectivity index (χ3n) is 2.36. The van der Waals surface area contributed by atoms with E-state index in [2.05, 4.69) is 30.9 Å². The Morgan fingerprint density at radius 1 is 1.31 bits per heavy atom. The second-order valence-corrected chi connectivity index (χ2v) is 4.45. The molecular formula is C13H21N3. The molecular weight excluding hydrogens is 198 g/mol. The molecule has 0 saturated carbocycles. The highest BCUT2D eigenvalue weighted by atomic mass is 15.1. The summed E-state index contributed by atoms with van der Waals surface area (Å²) in [6, 6.07) is 10.3. The van der Waals surface area contributed by atoms with Gasteiger partial charge in [-0.15, -0.1) is 0 Å². The van der Waals surface area contributed by atoms with Crippen LogP contribution in [0.4, 0.5) is 5.69 Å². The minimum atomic E-state index is 0.254. The van der Waals surface area contributed by atoms with Crippen molar-refractivity contribution < 1.29 is 0 Å². The van der Waals surface area contributed by atoms with Crippen molar-refractivity contribution in [3.8, 4) is 0 Å². The molecule has 0 radical (unpaired) electrons. The Morgan fingerprint density at radius 2 is 1.94 bits per heavy atom. The first-order chi connectivity index (χ1) is 7.59. The molecule has 1 rings (SSSR count). The lowest BCUT2D eigenvalue weighted by Gasteiger charge is -2.26. The fourth-order valence-electron chi connectivity index (χ4n) is 1.66. The smallest absolute Gasteiger partial charge is 0.0923 e. The van der Waals surface area contributed by atoms with Crippen LogP contribution in [0, 0.1) is 11.3 Å². The molecule has 0 heterocycles. The number of para-hydroxylation sites is 1. The molecule has 1 aromatic rings. The summed E-state index contributed by atoms with van der Waals surface area (Å²) in [6.07, 6.45) is 0.627. The van der Waals surface area contributed by atoms with Crippen LogP contribution in [0.3, 0.4) is 0 Å². The van der Waals surface area contributed by atoms with Crippen molar-refractivity contribution in [1.82, 2.24) is 0 Å². The van der Waals surface area contributed by atoms with Crippen molar-refractivity contribution in [2.75, 3.05) is 18.0 Å². The van der Waals surface area contributed by atoms with Gasteiger partial charge in [0.2, 0.25) is 0 Å². The van der Waals surface area contributed by atoms with Gasteiger partial charge in [-0.3, -0.25) is 5.41 Å². The van der Waals surface area contributed by atoms with Crippen LogP contribution in [0.25, 0.3) is 0 Å². The van der Waals surface area contributed by atoms with E-state index >= 15 is 0 Å². The maximum Gasteiger partial charge on any atom is 0.0923 e. The lowest BCUT2D eigenvalue weighted by Crippen LogP contribution is -2.31. The molecule has 3 heteroatoms. The number of benzene rings is 1. The average molecular weight is 219 g/mol. The van der Waals surface area contributed by atoms with Crippen LogP contribution in [0.5, 0.6) is 0 Å². The Labute approximate surface area is 97.8 Å². The van der Waals surface area contributed by atoms with Crippen molar-refractivity contribution in [3.63, 3.8) is 0 Å². The summed E-state index contributed by atoms with van der Waals surface area (Å²) in [6.45, 7) is 6.21. The van der Waals surface area contributed by atoms with Crippen molar-refractivity contribution in [2.24, 2.45) is 11.7 Å². The van der Waals surface area contributed by atoms with E-state index in [4.69, 9.17) is 11.1 Å². The van der Waals surface area contributed by atoms with E-state index in [9.17, 15) is 0 Å². The summed E-state index contributed by atoms with van der Waals surface area (Å²) in [7, 11) is 0. The predicted molar refractivity (Wildman–Crippen MR) is 70.0 cm³/mol. The van der Waals surface area contributed by atoms with Crippen molar-refractivity contribution in [1.29, 1.82) is 5.41 Å². The van der Waals surface area contributed by atoms with Gasteiger partial charge in [-0.25, -0.2) is 0 Å². The first-order valence-electron chi connectivity index (χ1n) is 5.72. The van der Waals surface area contributed by atoms with Gasteiger partial charge in [0.05, 0.1) is 5.84 Å². The molecule has 0 aliphatic heterocycles. The SMILES string of the molecule is CC(C)CN(CCC(=N)N)c1ccccc1. The number of nitrogens with zero attached hydrogens (tertiary/aromatic N) is 1. The monoisotopic (exact) mass is 219 g/mol. The molecule has 0 aliphatic rings. The van der Waals surface area contributed by atoms with E-state index in [0.717, 1.165) is 13.1 Å². The minimum Gasteiger partial charge on any atom is -0.388 e. The largest absolute Gasteiger partial charge is 0.388 e. The van der Waals surface area contributed by atoms with E-state index in [1.165, 1.54) is 5.69 Å². The highest BCUT2D eigenvalue weighted by molar-refractivity contribution is 5.77. The topological polar surface area (TPSA) is 53.1 Å². The quantitative estimate of drug-likeness (QED) is 0.570. The second kappa shape index (κ2) is 6.16. The molecule has 0 saturated heterocycles. The zero-order valence-corrected chi connectivity index (χ0v) is 10.1. The molecule has 16 heavy (non-hydrogen) atoms. The molecule has 0 fully saturated rings. The Bertz CT molecular complexity index is 319. The van der Waals surface area contributed by atoms with Gasteiger partial charge < -0.3 is 10.6 Å². The van der Waals surface area contributed by atoms with Gasteiger partial charge in [-0.05, 0) is 18.1 Å². The minimum absolute atomic E-state index is 0.254. The predicted octanol–water partition coefficient (Wildman–Crippen LogP) is 2.48. The number of hydrogen-bond donors (Lipinski definition) is 2. The fraction of sp³-hybridized carbons (Fsp3) is 0.462. The number of rotatable bonds is 6. The van der Waals surface area contributed by atoms with Crippen molar-refractivity contribution in [3.05, 3.63) is 30.3 Å². The first kappa shape index (κ1) is 12.6. The van der Waals surface area contributed by atoms with E-state index in [1.807, 2.05) is 18.2 Å². The molecule has 3 nitrogen and oxygen atoms in total. The van der Waals surface area contributed by atoms with E-state index in [-0.39, 0.29) is 5.84 Å². The number of nitrogens with one attached hydrogen (secondary N) is 1. The Kier molecular flexibility index (Phi) is 4.83. The van der Waals surface area contributed by atoms with Crippen LogP contribution in [-0.4, -0.2) is 18.9 Å².